The highest BCUT2D eigenvalue weighted by Crippen LogP contribution is 2.23. The van der Waals surface area contributed by atoms with Crippen molar-refractivity contribution in [3.05, 3.63) is 52.8 Å². The normalized spacial score (nSPS) is 12.7. The molecule has 2 aromatic heterocycles. The molecule has 0 radical (unpaired) electrons. The minimum atomic E-state index is -3.41. The summed E-state index contributed by atoms with van der Waals surface area (Å²) in [5.41, 5.74) is 1.88. The van der Waals surface area contributed by atoms with Gasteiger partial charge in [0, 0.05) is 49.7 Å². The van der Waals surface area contributed by atoms with Gasteiger partial charge in [-0.1, -0.05) is 0 Å². The van der Waals surface area contributed by atoms with Crippen molar-refractivity contribution in [3.63, 3.8) is 0 Å². The van der Waals surface area contributed by atoms with E-state index < -0.39 is 10.0 Å². The molecule has 29 heavy (non-hydrogen) atoms. The van der Waals surface area contributed by atoms with Crippen LogP contribution in [0.3, 0.4) is 0 Å². The maximum absolute atomic E-state index is 13.3. The van der Waals surface area contributed by atoms with Crippen LogP contribution < -0.4 is 10.6 Å². The molecule has 0 atom stereocenters. The van der Waals surface area contributed by atoms with Crippen LogP contribution in [0.5, 0.6) is 0 Å². The molecular formula is C19H24FN5O2S2. The van der Waals surface area contributed by atoms with E-state index in [1.165, 1.54) is 41.9 Å². The number of aromatic nitrogens is 1. The number of aromatic amines is 1. The van der Waals surface area contributed by atoms with Crippen LogP contribution in [0.4, 0.5) is 4.39 Å². The van der Waals surface area contributed by atoms with Crippen LogP contribution >= 0.6 is 11.3 Å². The number of nitrogens with one attached hydrogen (secondary N) is 3. The Balaban J connectivity index is 1.53. The lowest BCUT2D eigenvalue weighted by molar-refractivity contribution is 0.523. The average molecular weight is 438 g/mol. The van der Waals surface area contributed by atoms with Gasteiger partial charge in [-0.2, -0.15) is 0 Å². The number of aliphatic imine (C=N–C) groups is 1. The van der Waals surface area contributed by atoms with Gasteiger partial charge in [0.2, 0.25) is 0 Å². The number of sulfonamides is 1. The second-order valence-corrected chi connectivity index (χ2v) is 10.2. The van der Waals surface area contributed by atoms with Crippen molar-refractivity contribution in [3.8, 4) is 0 Å². The van der Waals surface area contributed by atoms with Crippen molar-refractivity contribution in [1.82, 2.24) is 19.9 Å². The topological polar surface area (TPSA) is 89.6 Å². The first kappa shape index (κ1) is 21.3. The number of nitrogens with zero attached hydrogens (tertiary/aromatic N) is 2. The molecule has 0 bridgehead atoms. The number of thiophene rings is 1. The first-order valence-corrected chi connectivity index (χ1v) is 11.3. The molecule has 1 aromatic carbocycles. The third kappa shape index (κ3) is 4.95. The first-order chi connectivity index (χ1) is 13.8. The number of benzene rings is 1. The van der Waals surface area contributed by atoms with E-state index in [2.05, 4.69) is 20.6 Å². The summed E-state index contributed by atoms with van der Waals surface area (Å²) in [5.74, 6) is 0.366. The van der Waals surface area contributed by atoms with Gasteiger partial charge in [0.05, 0.1) is 6.54 Å². The van der Waals surface area contributed by atoms with Crippen LogP contribution in [0, 0.1) is 5.82 Å². The Hall–Kier alpha value is -2.43. The summed E-state index contributed by atoms with van der Waals surface area (Å²) < 4.78 is 39.1. The third-order valence-electron chi connectivity index (χ3n) is 4.44. The Morgan fingerprint density at radius 3 is 2.76 bits per heavy atom. The Bertz CT molecular complexity index is 1120. The highest BCUT2D eigenvalue weighted by Gasteiger charge is 2.19. The lowest BCUT2D eigenvalue weighted by Crippen LogP contribution is -2.37. The van der Waals surface area contributed by atoms with Crippen LogP contribution in [0.1, 0.15) is 10.4 Å². The number of halogens is 1. The smallest absolute Gasteiger partial charge is 0.252 e. The quantitative estimate of drug-likeness (QED) is 0.391. The number of fused-ring (bicyclic) bond motifs is 1. The largest absolute Gasteiger partial charge is 0.361 e. The van der Waals surface area contributed by atoms with Crippen LogP contribution in [0.2, 0.25) is 0 Å². The van der Waals surface area contributed by atoms with E-state index >= 15 is 0 Å². The maximum Gasteiger partial charge on any atom is 0.252 e. The van der Waals surface area contributed by atoms with Gasteiger partial charge < -0.3 is 15.6 Å². The second-order valence-electron chi connectivity index (χ2n) is 6.61. The molecule has 3 N–H and O–H groups in total. The van der Waals surface area contributed by atoms with Crippen molar-refractivity contribution in [2.75, 3.05) is 27.7 Å². The zero-order chi connectivity index (χ0) is 21.0. The monoisotopic (exact) mass is 437 g/mol. The summed E-state index contributed by atoms with van der Waals surface area (Å²) in [6, 6.07) is 8.14. The zero-order valence-corrected chi connectivity index (χ0v) is 18.1. The van der Waals surface area contributed by atoms with E-state index in [0.717, 1.165) is 27.8 Å². The van der Waals surface area contributed by atoms with Gasteiger partial charge in [-0.05, 0) is 42.3 Å². The number of hydrogen-bond acceptors (Lipinski definition) is 4. The molecule has 7 nitrogen and oxygen atoms in total. The second kappa shape index (κ2) is 8.93. The molecule has 10 heteroatoms. The molecule has 0 amide bonds. The van der Waals surface area contributed by atoms with Gasteiger partial charge in [0.25, 0.3) is 10.0 Å². The standard InChI is InChI=1S/C19H24FN5O2S2/c1-21-19(24-12-15-5-7-18(28-15)29(26,27)25(2)3)22-9-8-13-11-23-17-10-14(20)4-6-16(13)17/h4-7,10-11,23H,8-9,12H2,1-3H3,(H2,21,22,24). The lowest BCUT2D eigenvalue weighted by Gasteiger charge is -2.11. The lowest BCUT2D eigenvalue weighted by atomic mass is 10.1. The summed E-state index contributed by atoms with van der Waals surface area (Å²) in [5, 5.41) is 7.43. The van der Waals surface area contributed by atoms with E-state index in [4.69, 9.17) is 0 Å². The molecule has 0 aliphatic carbocycles. The minimum Gasteiger partial charge on any atom is -0.361 e. The van der Waals surface area contributed by atoms with Gasteiger partial charge in [0.15, 0.2) is 5.96 Å². The molecule has 3 aromatic rings. The predicted octanol–water partition coefficient (Wildman–Crippen LogP) is 2.53. The molecular weight excluding hydrogens is 413 g/mol. The molecule has 0 saturated carbocycles. The molecule has 0 aliphatic heterocycles. The van der Waals surface area contributed by atoms with Crippen LogP contribution in [0.15, 0.2) is 45.7 Å². The van der Waals surface area contributed by atoms with Crippen molar-refractivity contribution in [2.24, 2.45) is 4.99 Å². The fourth-order valence-corrected chi connectivity index (χ4v) is 5.31. The van der Waals surface area contributed by atoms with Gasteiger partial charge in [-0.25, -0.2) is 17.1 Å². The highest BCUT2D eigenvalue weighted by molar-refractivity contribution is 7.91. The fraction of sp³-hybridized carbons (Fsp3) is 0.316. The highest BCUT2D eigenvalue weighted by atomic mass is 32.2. The van der Waals surface area contributed by atoms with E-state index in [9.17, 15) is 12.8 Å². The van der Waals surface area contributed by atoms with Gasteiger partial charge in [0.1, 0.15) is 10.0 Å². The van der Waals surface area contributed by atoms with Crippen LogP contribution in [0.25, 0.3) is 10.9 Å². The summed E-state index contributed by atoms with van der Waals surface area (Å²) in [6.45, 7) is 1.12. The Morgan fingerprint density at radius 1 is 1.24 bits per heavy atom. The summed E-state index contributed by atoms with van der Waals surface area (Å²) in [4.78, 5) is 8.18. The number of hydrogen-bond donors (Lipinski definition) is 3. The van der Waals surface area contributed by atoms with Gasteiger partial charge >= 0.3 is 0 Å². The Morgan fingerprint density at radius 2 is 2.03 bits per heavy atom. The number of H-pyrrole nitrogens is 1. The molecule has 2 heterocycles. The van der Waals surface area contributed by atoms with E-state index in [0.29, 0.717) is 23.3 Å². The first-order valence-electron chi connectivity index (χ1n) is 9.02. The summed E-state index contributed by atoms with van der Waals surface area (Å²) in [6.07, 6.45) is 2.64. The molecule has 0 unspecified atom stereocenters. The van der Waals surface area contributed by atoms with Crippen molar-refractivity contribution < 1.29 is 12.8 Å². The molecule has 3 rings (SSSR count). The number of guanidine groups is 1. The molecule has 156 valence electrons. The third-order valence-corrected chi connectivity index (χ3v) is 7.81. The maximum atomic E-state index is 13.3. The zero-order valence-electron chi connectivity index (χ0n) is 16.5. The van der Waals surface area contributed by atoms with Crippen molar-refractivity contribution >= 4 is 38.2 Å². The van der Waals surface area contributed by atoms with E-state index in [-0.39, 0.29) is 5.82 Å². The van der Waals surface area contributed by atoms with Crippen LogP contribution in [-0.2, 0) is 23.0 Å². The predicted molar refractivity (Wildman–Crippen MR) is 115 cm³/mol. The van der Waals surface area contributed by atoms with Gasteiger partial charge in [-0.15, -0.1) is 11.3 Å². The van der Waals surface area contributed by atoms with Crippen molar-refractivity contribution in [2.45, 2.75) is 17.2 Å². The Kier molecular flexibility index (Phi) is 6.56. The molecule has 0 aliphatic rings. The summed E-state index contributed by atoms with van der Waals surface area (Å²) in [7, 11) is 1.31. The minimum absolute atomic E-state index is 0.260. The van der Waals surface area contributed by atoms with E-state index in [1.54, 1.807) is 25.2 Å². The number of rotatable bonds is 7. The molecule has 0 spiro atoms. The fourth-order valence-electron chi connectivity index (χ4n) is 2.84. The van der Waals surface area contributed by atoms with Crippen molar-refractivity contribution in [1.29, 1.82) is 0 Å². The SMILES string of the molecule is CN=C(NCCc1c[nH]c2cc(F)ccc12)NCc1ccc(S(=O)(=O)N(C)C)s1. The van der Waals surface area contributed by atoms with Crippen LogP contribution in [-0.4, -0.2) is 51.4 Å². The summed E-state index contributed by atoms with van der Waals surface area (Å²) >= 11 is 1.24. The average Bonchev–Trinajstić information content (AvgIpc) is 3.31. The molecule has 0 saturated heterocycles. The molecule has 0 fully saturated rings. The van der Waals surface area contributed by atoms with Gasteiger partial charge in [-0.3, -0.25) is 4.99 Å². The Labute approximate surface area is 173 Å². The van der Waals surface area contributed by atoms with E-state index in [1.807, 2.05) is 6.20 Å².